The summed E-state index contributed by atoms with van der Waals surface area (Å²) in [5.74, 6) is -0.229. The van der Waals surface area contributed by atoms with Gasteiger partial charge in [-0.25, -0.2) is 4.39 Å². The molecule has 18 heavy (non-hydrogen) atoms. The maximum absolute atomic E-state index is 13.2. The van der Waals surface area contributed by atoms with Crippen LogP contribution in [0.5, 0.6) is 5.75 Å². The SMILES string of the molecule is Cc1cc(F)cc(NCc2cccc(Cl)c2O)c1. The van der Waals surface area contributed by atoms with Crippen LogP contribution in [0.15, 0.2) is 36.4 Å². The number of nitrogens with one attached hydrogen (secondary N) is 1. The molecule has 0 aromatic heterocycles. The van der Waals surface area contributed by atoms with Crippen molar-refractivity contribution in [2.45, 2.75) is 13.5 Å². The first-order valence-electron chi connectivity index (χ1n) is 5.53. The van der Waals surface area contributed by atoms with E-state index >= 15 is 0 Å². The molecule has 94 valence electrons. The summed E-state index contributed by atoms with van der Waals surface area (Å²) >= 11 is 5.81. The number of benzene rings is 2. The minimum atomic E-state index is -0.284. The molecule has 0 aliphatic carbocycles. The summed E-state index contributed by atoms with van der Waals surface area (Å²) in [4.78, 5) is 0. The minimum Gasteiger partial charge on any atom is -0.506 e. The fourth-order valence-electron chi connectivity index (χ4n) is 1.74. The summed E-state index contributed by atoms with van der Waals surface area (Å²) in [6, 6.07) is 9.85. The van der Waals surface area contributed by atoms with Gasteiger partial charge in [0.1, 0.15) is 11.6 Å². The molecule has 0 bridgehead atoms. The largest absolute Gasteiger partial charge is 0.506 e. The van der Waals surface area contributed by atoms with Crippen molar-refractivity contribution in [2.75, 3.05) is 5.32 Å². The lowest BCUT2D eigenvalue weighted by Crippen LogP contribution is -2.00. The highest BCUT2D eigenvalue weighted by molar-refractivity contribution is 6.32. The van der Waals surface area contributed by atoms with Crippen molar-refractivity contribution in [1.29, 1.82) is 0 Å². The molecule has 0 aliphatic heterocycles. The van der Waals surface area contributed by atoms with Crippen LogP contribution in [0.25, 0.3) is 0 Å². The summed E-state index contributed by atoms with van der Waals surface area (Å²) in [6.07, 6.45) is 0. The van der Waals surface area contributed by atoms with Crippen LogP contribution >= 0.6 is 11.6 Å². The summed E-state index contributed by atoms with van der Waals surface area (Å²) in [6.45, 7) is 2.21. The smallest absolute Gasteiger partial charge is 0.139 e. The second kappa shape index (κ2) is 5.27. The minimum absolute atomic E-state index is 0.0554. The van der Waals surface area contributed by atoms with Crippen LogP contribution in [-0.2, 0) is 6.54 Å². The molecule has 2 N–H and O–H groups in total. The standard InChI is InChI=1S/C14H13ClFNO/c1-9-5-11(16)7-12(6-9)17-8-10-3-2-4-13(15)14(10)18/h2-7,17-18H,8H2,1H3. The maximum atomic E-state index is 13.2. The van der Waals surface area contributed by atoms with Crippen LogP contribution in [0.2, 0.25) is 5.02 Å². The molecule has 0 aliphatic rings. The third kappa shape index (κ3) is 2.93. The van der Waals surface area contributed by atoms with Crippen molar-refractivity contribution in [1.82, 2.24) is 0 Å². The van der Waals surface area contributed by atoms with Gasteiger partial charge in [-0.1, -0.05) is 23.7 Å². The van der Waals surface area contributed by atoms with E-state index < -0.39 is 0 Å². The van der Waals surface area contributed by atoms with E-state index in [1.807, 2.05) is 13.0 Å². The number of phenolic OH excluding ortho intramolecular Hbond substituents is 1. The molecule has 0 atom stereocenters. The van der Waals surface area contributed by atoms with Crippen LogP contribution in [0.3, 0.4) is 0 Å². The van der Waals surface area contributed by atoms with E-state index in [9.17, 15) is 9.50 Å². The zero-order valence-corrected chi connectivity index (χ0v) is 10.6. The number of hydrogen-bond acceptors (Lipinski definition) is 2. The van der Waals surface area contributed by atoms with E-state index in [1.54, 1.807) is 18.2 Å². The molecule has 0 radical (unpaired) electrons. The van der Waals surface area contributed by atoms with E-state index in [1.165, 1.54) is 12.1 Å². The predicted molar refractivity (Wildman–Crippen MR) is 71.6 cm³/mol. The number of aryl methyl sites for hydroxylation is 1. The highest BCUT2D eigenvalue weighted by atomic mass is 35.5. The molecular formula is C14H13ClFNO. The van der Waals surface area contributed by atoms with Crippen LogP contribution < -0.4 is 5.32 Å². The Hall–Kier alpha value is -1.74. The van der Waals surface area contributed by atoms with Gasteiger partial charge in [0.05, 0.1) is 5.02 Å². The lowest BCUT2D eigenvalue weighted by atomic mass is 10.1. The Morgan fingerprint density at radius 1 is 1.28 bits per heavy atom. The fourth-order valence-corrected chi connectivity index (χ4v) is 1.93. The Labute approximate surface area is 110 Å². The monoisotopic (exact) mass is 265 g/mol. The van der Waals surface area contributed by atoms with Crippen LogP contribution in [-0.4, -0.2) is 5.11 Å². The topological polar surface area (TPSA) is 32.3 Å². The Morgan fingerprint density at radius 2 is 2.06 bits per heavy atom. The Kier molecular flexibility index (Phi) is 3.72. The number of anilines is 1. The molecule has 0 heterocycles. The molecule has 2 rings (SSSR count). The van der Waals surface area contributed by atoms with Gasteiger partial charge in [0.15, 0.2) is 0 Å². The highest BCUT2D eigenvalue weighted by Gasteiger charge is 2.05. The van der Waals surface area contributed by atoms with Gasteiger partial charge in [-0.2, -0.15) is 0 Å². The Balaban J connectivity index is 2.14. The van der Waals surface area contributed by atoms with Crippen molar-refractivity contribution in [2.24, 2.45) is 0 Å². The second-order valence-corrected chi connectivity index (χ2v) is 4.53. The third-order valence-corrected chi connectivity index (χ3v) is 2.90. The average Bonchev–Trinajstić information content (AvgIpc) is 2.30. The van der Waals surface area contributed by atoms with Crippen molar-refractivity contribution in [3.05, 3.63) is 58.4 Å². The second-order valence-electron chi connectivity index (χ2n) is 4.12. The first kappa shape index (κ1) is 12.7. The number of aromatic hydroxyl groups is 1. The van der Waals surface area contributed by atoms with Crippen LogP contribution in [0.4, 0.5) is 10.1 Å². The number of phenols is 1. The van der Waals surface area contributed by atoms with Crippen molar-refractivity contribution < 1.29 is 9.50 Å². The third-order valence-electron chi connectivity index (χ3n) is 2.60. The zero-order valence-electron chi connectivity index (χ0n) is 9.87. The number of para-hydroxylation sites is 1. The summed E-state index contributed by atoms with van der Waals surface area (Å²) < 4.78 is 13.2. The van der Waals surface area contributed by atoms with Crippen molar-refractivity contribution in [3.8, 4) is 5.75 Å². The molecule has 0 spiro atoms. The lowest BCUT2D eigenvalue weighted by molar-refractivity contribution is 0.469. The van der Waals surface area contributed by atoms with Gasteiger partial charge in [0, 0.05) is 17.8 Å². The molecular weight excluding hydrogens is 253 g/mol. The van der Waals surface area contributed by atoms with Gasteiger partial charge in [0.2, 0.25) is 0 Å². The predicted octanol–water partition coefficient (Wildman–Crippen LogP) is 4.11. The molecule has 0 saturated carbocycles. The van der Waals surface area contributed by atoms with E-state index in [0.717, 1.165) is 5.56 Å². The summed E-state index contributed by atoms with van der Waals surface area (Å²) in [5.41, 5.74) is 2.18. The maximum Gasteiger partial charge on any atom is 0.139 e. The summed E-state index contributed by atoms with van der Waals surface area (Å²) in [7, 11) is 0. The van der Waals surface area contributed by atoms with Gasteiger partial charge in [-0.15, -0.1) is 0 Å². The highest BCUT2D eigenvalue weighted by Crippen LogP contribution is 2.27. The van der Waals surface area contributed by atoms with E-state index in [0.29, 0.717) is 22.8 Å². The molecule has 2 aromatic rings. The van der Waals surface area contributed by atoms with Crippen LogP contribution in [0.1, 0.15) is 11.1 Å². The molecule has 2 aromatic carbocycles. The molecule has 0 saturated heterocycles. The average molecular weight is 266 g/mol. The van der Waals surface area contributed by atoms with Crippen molar-refractivity contribution >= 4 is 17.3 Å². The molecule has 4 heteroatoms. The van der Waals surface area contributed by atoms with Gasteiger partial charge in [0.25, 0.3) is 0 Å². The molecule has 2 nitrogen and oxygen atoms in total. The van der Waals surface area contributed by atoms with E-state index in [-0.39, 0.29) is 11.6 Å². The van der Waals surface area contributed by atoms with Gasteiger partial charge < -0.3 is 10.4 Å². The normalized spacial score (nSPS) is 10.4. The number of halogens is 2. The Morgan fingerprint density at radius 3 is 2.78 bits per heavy atom. The van der Waals surface area contributed by atoms with E-state index in [4.69, 9.17) is 11.6 Å². The Bertz CT molecular complexity index is 551. The molecule has 0 unspecified atom stereocenters. The first-order chi connectivity index (χ1) is 8.56. The molecule has 0 amide bonds. The number of hydrogen-bond donors (Lipinski definition) is 2. The van der Waals surface area contributed by atoms with Gasteiger partial charge in [-0.05, 0) is 36.8 Å². The lowest BCUT2D eigenvalue weighted by Gasteiger charge is -2.09. The van der Waals surface area contributed by atoms with E-state index in [2.05, 4.69) is 5.32 Å². The van der Waals surface area contributed by atoms with Crippen LogP contribution in [0, 0.1) is 12.7 Å². The fraction of sp³-hybridized carbons (Fsp3) is 0.143. The molecule has 0 fully saturated rings. The van der Waals surface area contributed by atoms with Crippen molar-refractivity contribution in [3.63, 3.8) is 0 Å². The summed E-state index contributed by atoms with van der Waals surface area (Å²) in [5, 5.41) is 13.1. The quantitative estimate of drug-likeness (QED) is 0.875. The van der Waals surface area contributed by atoms with Gasteiger partial charge in [-0.3, -0.25) is 0 Å². The zero-order chi connectivity index (χ0) is 13.1. The van der Waals surface area contributed by atoms with Gasteiger partial charge >= 0.3 is 0 Å². The number of rotatable bonds is 3. The first-order valence-corrected chi connectivity index (χ1v) is 5.91.